The van der Waals surface area contributed by atoms with Crippen LogP contribution in [-0.4, -0.2) is 33.4 Å². The summed E-state index contributed by atoms with van der Waals surface area (Å²) in [5, 5.41) is 10.4. The van der Waals surface area contributed by atoms with Crippen molar-refractivity contribution in [1.29, 1.82) is 0 Å². The maximum Gasteiger partial charge on any atom is 0.294 e. The molecule has 0 unspecified atom stereocenters. The van der Waals surface area contributed by atoms with Gasteiger partial charge in [-0.2, -0.15) is 8.42 Å². The lowest BCUT2D eigenvalue weighted by Gasteiger charge is -2.01. The van der Waals surface area contributed by atoms with E-state index in [-0.39, 0.29) is 16.3 Å². The topological polar surface area (TPSA) is 144 Å². The molecule has 2 rings (SSSR count). The van der Waals surface area contributed by atoms with Gasteiger partial charge in [-0.3, -0.25) is 14.7 Å². The molecule has 0 saturated carbocycles. The summed E-state index contributed by atoms with van der Waals surface area (Å²) in [7, 11) is -6.11. The molecule has 11 heteroatoms. The molecular weight excluding hydrogens is 384 g/mol. The van der Waals surface area contributed by atoms with Crippen molar-refractivity contribution in [3.05, 3.63) is 69.8 Å². The van der Waals surface area contributed by atoms with Crippen molar-refractivity contribution in [2.45, 2.75) is 17.6 Å². The van der Waals surface area contributed by atoms with E-state index in [1.165, 1.54) is 43.4 Å². The van der Waals surface area contributed by atoms with E-state index in [9.17, 15) is 26.9 Å². The first-order valence-electron chi connectivity index (χ1n) is 7.13. The summed E-state index contributed by atoms with van der Waals surface area (Å²) in [6, 6.07) is 11.5. The van der Waals surface area contributed by atoms with Crippen LogP contribution in [-0.2, 0) is 25.9 Å². The Morgan fingerprint density at radius 1 is 1.08 bits per heavy atom. The number of hydrogen-bond acceptors (Lipinski definition) is 6. The van der Waals surface area contributed by atoms with Crippen molar-refractivity contribution in [3.63, 3.8) is 0 Å². The van der Waals surface area contributed by atoms with Gasteiger partial charge >= 0.3 is 0 Å². The Morgan fingerprint density at radius 2 is 1.65 bits per heavy atom. The Balaban J connectivity index is 0.000000273. The van der Waals surface area contributed by atoms with Crippen molar-refractivity contribution < 1.29 is 26.3 Å². The molecule has 0 amide bonds. The summed E-state index contributed by atoms with van der Waals surface area (Å²) in [4.78, 5) is 9.80. The number of hydrogen-bond donors (Lipinski definition) is 2. The van der Waals surface area contributed by atoms with Crippen LogP contribution in [0.5, 0.6) is 0 Å². The fraction of sp³-hybridized carbons (Fsp3) is 0.200. The molecule has 0 radical (unpaired) electrons. The van der Waals surface area contributed by atoms with Crippen molar-refractivity contribution in [2.75, 3.05) is 7.05 Å². The predicted octanol–water partition coefficient (Wildman–Crippen LogP) is 1.89. The number of nitro benzene ring substituents is 1. The molecular formula is C15H18N2O7S2. The van der Waals surface area contributed by atoms with Crippen LogP contribution >= 0.6 is 0 Å². The minimum absolute atomic E-state index is 0.0666. The van der Waals surface area contributed by atoms with Crippen LogP contribution in [0.4, 0.5) is 5.69 Å². The van der Waals surface area contributed by atoms with Gasteiger partial charge in [0.15, 0.2) is 0 Å². The van der Waals surface area contributed by atoms with Crippen molar-refractivity contribution in [1.82, 2.24) is 4.72 Å². The molecule has 26 heavy (non-hydrogen) atoms. The molecule has 0 fully saturated rings. The number of rotatable bonds is 5. The van der Waals surface area contributed by atoms with Gasteiger partial charge in [0.2, 0.25) is 10.0 Å². The Morgan fingerprint density at radius 3 is 2.12 bits per heavy atom. The fourth-order valence-electron chi connectivity index (χ4n) is 1.76. The lowest BCUT2D eigenvalue weighted by atomic mass is 10.2. The number of non-ortho nitro benzene ring substituents is 1. The van der Waals surface area contributed by atoms with Gasteiger partial charge < -0.3 is 0 Å². The number of aryl methyl sites for hydroxylation is 1. The van der Waals surface area contributed by atoms with E-state index in [4.69, 9.17) is 4.55 Å². The van der Waals surface area contributed by atoms with Gasteiger partial charge in [-0.05, 0) is 31.7 Å². The van der Waals surface area contributed by atoms with Gasteiger partial charge in [0, 0.05) is 12.1 Å². The van der Waals surface area contributed by atoms with Gasteiger partial charge in [-0.15, -0.1) is 0 Å². The molecule has 0 heterocycles. The number of nitrogens with one attached hydrogen (secondary N) is 1. The van der Waals surface area contributed by atoms with Crippen molar-refractivity contribution >= 4 is 25.8 Å². The average Bonchev–Trinajstić information content (AvgIpc) is 2.55. The molecule has 0 saturated heterocycles. The standard InChI is InChI=1S/C8H10N2O4S.C7H8O3S/c1-9-15(13,14)6-7-3-2-4-8(5-7)10(11)12;1-6-2-4-7(5-3-6)11(8,9)10/h2-5,9H,6H2,1H3;2-5H,1H3,(H,8,9,10). The van der Waals surface area contributed by atoms with Crippen LogP contribution in [0.1, 0.15) is 11.1 Å². The molecule has 0 aromatic heterocycles. The van der Waals surface area contributed by atoms with Gasteiger partial charge in [0.05, 0.1) is 15.6 Å². The molecule has 0 atom stereocenters. The van der Waals surface area contributed by atoms with Crippen LogP contribution in [0.2, 0.25) is 0 Å². The second kappa shape index (κ2) is 8.85. The third kappa shape index (κ3) is 7.27. The second-order valence-corrected chi connectivity index (χ2v) is 8.53. The van der Waals surface area contributed by atoms with Gasteiger partial charge in [0.25, 0.3) is 15.8 Å². The minimum atomic E-state index is -4.02. The van der Waals surface area contributed by atoms with Gasteiger partial charge in [-0.1, -0.05) is 29.8 Å². The largest absolute Gasteiger partial charge is 0.294 e. The summed E-state index contributed by atoms with van der Waals surface area (Å²) in [5.74, 6) is -0.259. The molecule has 2 aromatic rings. The van der Waals surface area contributed by atoms with Crippen molar-refractivity contribution in [2.24, 2.45) is 0 Å². The van der Waals surface area contributed by atoms with Crippen LogP contribution in [0.3, 0.4) is 0 Å². The maximum atomic E-state index is 11.2. The monoisotopic (exact) mass is 402 g/mol. The summed E-state index contributed by atoms with van der Waals surface area (Å²) in [5.41, 5.74) is 1.23. The van der Waals surface area contributed by atoms with E-state index in [2.05, 4.69) is 4.72 Å². The summed E-state index contributed by atoms with van der Waals surface area (Å²) in [6.07, 6.45) is 0. The first-order chi connectivity index (χ1) is 11.9. The lowest BCUT2D eigenvalue weighted by molar-refractivity contribution is -0.384. The average molecular weight is 402 g/mol. The normalized spacial score (nSPS) is 11.3. The molecule has 0 aliphatic heterocycles. The zero-order valence-corrected chi connectivity index (χ0v) is 15.6. The van der Waals surface area contributed by atoms with Crippen LogP contribution in [0.15, 0.2) is 53.4 Å². The van der Waals surface area contributed by atoms with Crippen LogP contribution < -0.4 is 4.72 Å². The lowest BCUT2D eigenvalue weighted by Crippen LogP contribution is -2.20. The molecule has 0 aliphatic rings. The van der Waals surface area contributed by atoms with E-state index in [0.717, 1.165) is 5.56 Å². The quantitative estimate of drug-likeness (QED) is 0.441. The Bertz CT molecular complexity index is 969. The smallest absolute Gasteiger partial charge is 0.282 e. The predicted molar refractivity (Wildman–Crippen MR) is 95.8 cm³/mol. The fourth-order valence-corrected chi connectivity index (χ4v) is 3.00. The van der Waals surface area contributed by atoms with E-state index in [1.807, 2.05) is 6.92 Å². The van der Waals surface area contributed by atoms with Gasteiger partial charge in [0.1, 0.15) is 0 Å². The number of benzene rings is 2. The molecule has 0 spiro atoms. The van der Waals surface area contributed by atoms with Crippen LogP contribution in [0.25, 0.3) is 0 Å². The molecule has 2 N–H and O–H groups in total. The molecule has 142 valence electrons. The molecule has 0 aliphatic carbocycles. The Hall–Kier alpha value is -2.34. The number of nitro groups is 1. The number of nitrogens with zero attached hydrogens (tertiary/aromatic N) is 1. The van der Waals surface area contributed by atoms with Gasteiger partial charge in [-0.25, -0.2) is 13.1 Å². The molecule has 0 bridgehead atoms. The van der Waals surface area contributed by atoms with Crippen molar-refractivity contribution in [3.8, 4) is 0 Å². The first kappa shape index (κ1) is 21.7. The minimum Gasteiger partial charge on any atom is -0.282 e. The maximum absolute atomic E-state index is 11.2. The van der Waals surface area contributed by atoms with E-state index in [1.54, 1.807) is 12.1 Å². The summed E-state index contributed by atoms with van der Waals surface area (Å²) in [6.45, 7) is 1.84. The third-order valence-electron chi connectivity index (χ3n) is 3.11. The zero-order valence-electron chi connectivity index (χ0n) is 14.0. The number of sulfonamides is 1. The second-order valence-electron chi connectivity index (χ2n) is 5.18. The third-order valence-corrected chi connectivity index (χ3v) is 5.31. The molecule has 9 nitrogen and oxygen atoms in total. The SMILES string of the molecule is CNS(=O)(=O)Cc1cccc([N+](=O)[O-])c1.Cc1ccc(S(=O)(=O)O)cc1. The van der Waals surface area contributed by atoms with E-state index < -0.39 is 25.1 Å². The van der Waals surface area contributed by atoms with E-state index in [0.29, 0.717) is 5.56 Å². The highest BCUT2D eigenvalue weighted by Gasteiger charge is 2.11. The van der Waals surface area contributed by atoms with E-state index >= 15 is 0 Å². The summed E-state index contributed by atoms with van der Waals surface area (Å²) >= 11 is 0. The summed E-state index contributed by atoms with van der Waals surface area (Å²) < 4.78 is 54.0. The first-order valence-corrected chi connectivity index (χ1v) is 10.2. The molecule has 2 aromatic carbocycles. The van der Waals surface area contributed by atoms with Crippen LogP contribution in [0, 0.1) is 17.0 Å². The highest BCUT2D eigenvalue weighted by atomic mass is 32.2. The Labute approximate surface area is 151 Å². The highest BCUT2D eigenvalue weighted by molar-refractivity contribution is 7.88. The highest BCUT2D eigenvalue weighted by Crippen LogP contribution is 2.14. The zero-order chi connectivity index (χ0) is 20.0. The Kier molecular flexibility index (Phi) is 7.39.